The molecule has 7 heteroatoms. The maximum Gasteiger partial charge on any atom is 0.263 e. The van der Waals surface area contributed by atoms with Crippen molar-refractivity contribution in [1.82, 2.24) is 24.8 Å². The first-order chi connectivity index (χ1) is 10.8. The van der Waals surface area contributed by atoms with Gasteiger partial charge in [-0.25, -0.2) is 15.0 Å². The van der Waals surface area contributed by atoms with Crippen LogP contribution in [0.2, 0.25) is 0 Å². The highest BCUT2D eigenvalue weighted by atomic mass is 32.1. The van der Waals surface area contributed by atoms with E-state index in [9.17, 15) is 4.79 Å². The molecule has 3 aromatic heterocycles. The van der Waals surface area contributed by atoms with Crippen molar-refractivity contribution in [2.24, 2.45) is 0 Å². The molecule has 1 N–H and O–H groups in total. The molecule has 112 valence electrons. The van der Waals surface area contributed by atoms with Gasteiger partial charge in [-0.3, -0.25) is 9.36 Å². The van der Waals surface area contributed by atoms with E-state index in [1.807, 2.05) is 29.8 Å². The summed E-state index contributed by atoms with van der Waals surface area (Å²) in [4.78, 5) is 25.2. The minimum Gasteiger partial charge on any atom is -0.347 e. The van der Waals surface area contributed by atoms with Crippen LogP contribution in [-0.4, -0.2) is 25.4 Å². The van der Waals surface area contributed by atoms with Crippen LogP contribution >= 0.6 is 11.3 Å². The van der Waals surface area contributed by atoms with E-state index in [4.69, 9.17) is 0 Å². The zero-order valence-corrected chi connectivity index (χ0v) is 12.9. The Morgan fingerprint density at radius 1 is 1.36 bits per heavy atom. The summed E-state index contributed by atoms with van der Waals surface area (Å²) in [6, 6.07) is 3.80. The molecule has 3 aromatic rings. The fourth-order valence-electron chi connectivity index (χ4n) is 1.95. The molecule has 0 radical (unpaired) electrons. The molecule has 0 aromatic carbocycles. The molecule has 6 nitrogen and oxygen atoms in total. The van der Waals surface area contributed by atoms with E-state index < -0.39 is 0 Å². The zero-order valence-electron chi connectivity index (χ0n) is 12.1. The van der Waals surface area contributed by atoms with Gasteiger partial charge in [0.25, 0.3) is 5.91 Å². The molecule has 0 aliphatic carbocycles. The highest BCUT2D eigenvalue weighted by Crippen LogP contribution is 2.13. The average Bonchev–Trinajstić information content (AvgIpc) is 3.24. The number of pyridine rings is 1. The van der Waals surface area contributed by atoms with Gasteiger partial charge in [0.15, 0.2) is 0 Å². The van der Waals surface area contributed by atoms with Crippen LogP contribution in [0.15, 0.2) is 43.2 Å². The smallest absolute Gasteiger partial charge is 0.263 e. The van der Waals surface area contributed by atoms with Crippen molar-refractivity contribution >= 4 is 17.2 Å². The Bertz CT molecular complexity index is 766. The number of nitrogens with zero attached hydrogens (tertiary/aromatic N) is 4. The van der Waals surface area contributed by atoms with Crippen LogP contribution in [0.25, 0.3) is 5.82 Å². The van der Waals surface area contributed by atoms with Crippen molar-refractivity contribution in [3.8, 4) is 5.82 Å². The number of amides is 1. The fraction of sp³-hybridized carbons (Fsp3) is 0.200. The maximum atomic E-state index is 12.1. The van der Waals surface area contributed by atoms with Crippen LogP contribution in [0.4, 0.5) is 0 Å². The first-order valence-corrected chi connectivity index (χ1v) is 7.74. The summed E-state index contributed by atoms with van der Waals surface area (Å²) >= 11 is 1.43. The van der Waals surface area contributed by atoms with E-state index in [2.05, 4.69) is 20.3 Å². The summed E-state index contributed by atoms with van der Waals surface area (Å²) in [7, 11) is 0. The van der Waals surface area contributed by atoms with Gasteiger partial charge in [0.1, 0.15) is 17.0 Å². The molecule has 0 unspecified atom stereocenters. The minimum absolute atomic E-state index is 0.0989. The lowest BCUT2D eigenvalue weighted by Crippen LogP contribution is -2.21. The minimum atomic E-state index is -0.0989. The largest absolute Gasteiger partial charge is 0.347 e. The van der Waals surface area contributed by atoms with E-state index in [0.29, 0.717) is 11.4 Å². The third-order valence-electron chi connectivity index (χ3n) is 3.11. The van der Waals surface area contributed by atoms with Crippen LogP contribution in [0.1, 0.15) is 27.2 Å². The van der Waals surface area contributed by atoms with Gasteiger partial charge in [-0.15, -0.1) is 11.3 Å². The molecule has 0 bridgehead atoms. The van der Waals surface area contributed by atoms with E-state index in [0.717, 1.165) is 22.8 Å². The number of hydrogen-bond acceptors (Lipinski definition) is 5. The van der Waals surface area contributed by atoms with E-state index in [1.165, 1.54) is 11.3 Å². The van der Waals surface area contributed by atoms with Gasteiger partial charge in [0.05, 0.1) is 11.2 Å². The fourth-order valence-corrected chi connectivity index (χ4v) is 2.73. The molecule has 0 fully saturated rings. The van der Waals surface area contributed by atoms with Crippen molar-refractivity contribution in [2.75, 3.05) is 0 Å². The van der Waals surface area contributed by atoms with Crippen molar-refractivity contribution in [1.29, 1.82) is 0 Å². The van der Waals surface area contributed by atoms with Gasteiger partial charge in [0, 0.05) is 25.1 Å². The number of nitrogens with one attached hydrogen (secondary N) is 1. The summed E-state index contributed by atoms with van der Waals surface area (Å²) in [5.74, 6) is 0.675. The standard InChI is InChI=1S/C15H15N5OS/c1-2-14-18-9-12(22-14)15(21)19-8-11-3-4-17-13(7-11)20-6-5-16-10-20/h3-7,9-10H,2,8H2,1H3,(H,19,21). The van der Waals surface area contributed by atoms with Gasteiger partial charge in [-0.2, -0.15) is 0 Å². The van der Waals surface area contributed by atoms with Crippen molar-refractivity contribution in [3.05, 3.63) is 58.7 Å². The highest BCUT2D eigenvalue weighted by Gasteiger charge is 2.09. The number of aryl methyl sites for hydroxylation is 1. The Morgan fingerprint density at radius 3 is 3.00 bits per heavy atom. The summed E-state index contributed by atoms with van der Waals surface area (Å²) < 4.78 is 1.82. The topological polar surface area (TPSA) is 72.7 Å². The molecule has 0 spiro atoms. The van der Waals surface area contributed by atoms with Gasteiger partial charge in [0.2, 0.25) is 0 Å². The van der Waals surface area contributed by atoms with Crippen LogP contribution in [0.3, 0.4) is 0 Å². The maximum absolute atomic E-state index is 12.1. The molecule has 0 aliphatic heterocycles. The van der Waals surface area contributed by atoms with Crippen molar-refractivity contribution in [2.45, 2.75) is 19.9 Å². The number of imidazole rings is 1. The van der Waals surface area contributed by atoms with Gasteiger partial charge < -0.3 is 5.32 Å². The van der Waals surface area contributed by atoms with E-state index in [-0.39, 0.29) is 5.91 Å². The van der Waals surface area contributed by atoms with Gasteiger partial charge >= 0.3 is 0 Å². The van der Waals surface area contributed by atoms with Crippen LogP contribution in [0, 0.1) is 0 Å². The average molecular weight is 313 g/mol. The molecule has 1 amide bonds. The number of carbonyl (C=O) groups is 1. The number of rotatable bonds is 5. The first kappa shape index (κ1) is 14.4. The van der Waals surface area contributed by atoms with Gasteiger partial charge in [-0.05, 0) is 24.1 Å². The lowest BCUT2D eigenvalue weighted by atomic mass is 10.2. The normalized spacial score (nSPS) is 10.6. The summed E-state index contributed by atoms with van der Waals surface area (Å²) in [6.45, 7) is 2.47. The third-order valence-corrected chi connectivity index (χ3v) is 4.25. The molecular formula is C15H15N5OS. The zero-order chi connectivity index (χ0) is 15.4. The van der Waals surface area contributed by atoms with Gasteiger partial charge in [-0.1, -0.05) is 6.92 Å². The lowest BCUT2D eigenvalue weighted by Gasteiger charge is -2.06. The Labute approximate surface area is 131 Å². The Balaban J connectivity index is 1.66. The predicted octanol–water partition coefficient (Wildman–Crippen LogP) is 2.22. The SMILES string of the molecule is CCc1ncc(C(=O)NCc2ccnc(-n3ccnc3)c2)s1. The second-order valence-electron chi connectivity index (χ2n) is 4.65. The Hall–Kier alpha value is -2.54. The van der Waals surface area contributed by atoms with Crippen LogP contribution in [-0.2, 0) is 13.0 Å². The molecule has 0 saturated heterocycles. The molecule has 22 heavy (non-hydrogen) atoms. The number of carbonyl (C=O) groups excluding carboxylic acids is 1. The molecule has 3 heterocycles. The molecule has 0 saturated carbocycles. The third kappa shape index (κ3) is 3.20. The first-order valence-electron chi connectivity index (χ1n) is 6.92. The van der Waals surface area contributed by atoms with Crippen molar-refractivity contribution < 1.29 is 4.79 Å². The Kier molecular flexibility index (Phi) is 4.24. The van der Waals surface area contributed by atoms with Crippen LogP contribution in [0.5, 0.6) is 0 Å². The summed E-state index contributed by atoms with van der Waals surface area (Å²) in [6.07, 6.45) is 9.41. The van der Waals surface area contributed by atoms with Crippen molar-refractivity contribution in [3.63, 3.8) is 0 Å². The second-order valence-corrected chi connectivity index (χ2v) is 5.76. The monoisotopic (exact) mass is 313 g/mol. The van der Waals surface area contributed by atoms with Crippen LogP contribution < -0.4 is 5.32 Å². The summed E-state index contributed by atoms with van der Waals surface area (Å²) in [5, 5.41) is 3.87. The molecule has 0 aliphatic rings. The number of aromatic nitrogens is 4. The van der Waals surface area contributed by atoms with E-state index >= 15 is 0 Å². The second kappa shape index (κ2) is 6.48. The summed E-state index contributed by atoms with van der Waals surface area (Å²) in [5.41, 5.74) is 0.979. The number of hydrogen-bond donors (Lipinski definition) is 1. The predicted molar refractivity (Wildman–Crippen MR) is 84.0 cm³/mol. The highest BCUT2D eigenvalue weighted by molar-refractivity contribution is 7.13. The lowest BCUT2D eigenvalue weighted by molar-refractivity contribution is 0.0954. The molecular weight excluding hydrogens is 298 g/mol. The van der Waals surface area contributed by atoms with E-state index in [1.54, 1.807) is 24.9 Å². The molecule has 0 atom stereocenters. The quantitative estimate of drug-likeness (QED) is 0.784. The number of thiazole rings is 1. The molecule has 3 rings (SSSR count). The Morgan fingerprint density at radius 2 is 2.27 bits per heavy atom.